The summed E-state index contributed by atoms with van der Waals surface area (Å²) in [5.41, 5.74) is 8.48. The Balaban J connectivity index is 0.000000160. The number of carbonyl (C=O) groups is 4. The molecule has 2 amide bonds. The Kier molecular flexibility index (Phi) is 8.26. The molecule has 244 valence electrons. The average Bonchev–Trinajstić information content (AvgIpc) is 3.46. The van der Waals surface area contributed by atoms with Crippen LogP contribution in [-0.4, -0.2) is 67.0 Å². The van der Waals surface area contributed by atoms with E-state index in [0.29, 0.717) is 17.3 Å². The molecule has 5 N–H and O–H groups in total. The summed E-state index contributed by atoms with van der Waals surface area (Å²) < 4.78 is -0.618. The van der Waals surface area contributed by atoms with Crippen LogP contribution in [0.25, 0.3) is 0 Å². The predicted octanol–water partition coefficient (Wildman–Crippen LogP) is 4.20. The summed E-state index contributed by atoms with van der Waals surface area (Å²) in [6.07, 6.45) is 10.7. The first-order valence-electron chi connectivity index (χ1n) is 16.4. The van der Waals surface area contributed by atoms with Crippen molar-refractivity contribution in [2.75, 3.05) is 0 Å². The molecular weight excluding hydrogens is 590 g/mol. The summed E-state index contributed by atoms with van der Waals surface area (Å²) in [5.74, 6) is 0.718. The van der Waals surface area contributed by atoms with Crippen molar-refractivity contribution in [2.45, 2.75) is 113 Å². The molecule has 1 aromatic carbocycles. The normalized spacial score (nSPS) is 39.9. The molecule has 2 saturated heterocycles. The minimum atomic E-state index is -1.03. The van der Waals surface area contributed by atoms with Gasteiger partial charge in [-0.05, 0) is 99.0 Å². The number of nitrogens with one attached hydrogen (secondary N) is 1. The molecule has 10 atom stereocenters. The van der Waals surface area contributed by atoms with Crippen LogP contribution < -0.4 is 11.1 Å². The molecule has 2 heterocycles. The number of hydrogen-bond acceptors (Lipinski definition) is 7. The number of nitrogens with two attached hydrogens (primary N) is 1. The van der Waals surface area contributed by atoms with Crippen LogP contribution in [-0.2, 0) is 19.2 Å². The fourth-order valence-corrected chi connectivity index (χ4v) is 11.4. The van der Waals surface area contributed by atoms with Crippen LogP contribution in [0.4, 0.5) is 0 Å². The van der Waals surface area contributed by atoms with Crippen LogP contribution >= 0.6 is 11.8 Å². The van der Waals surface area contributed by atoms with Crippen LogP contribution in [0.2, 0.25) is 0 Å². The van der Waals surface area contributed by atoms with Crippen molar-refractivity contribution >= 4 is 35.3 Å². The van der Waals surface area contributed by atoms with Crippen LogP contribution in [0.1, 0.15) is 90.7 Å². The highest BCUT2D eigenvalue weighted by Crippen LogP contribution is 2.65. The molecule has 2 aliphatic heterocycles. The number of rotatable bonds is 4. The van der Waals surface area contributed by atoms with E-state index in [9.17, 15) is 29.4 Å². The predicted molar refractivity (Wildman–Crippen MR) is 172 cm³/mol. The fraction of sp³-hybridized carbons (Fsp3) is 0.657. The Labute approximate surface area is 269 Å². The number of carbonyl (C=O) groups excluding carboxylic acids is 3. The van der Waals surface area contributed by atoms with Gasteiger partial charge in [0, 0.05) is 11.2 Å². The molecule has 7 rings (SSSR count). The molecule has 9 nitrogen and oxygen atoms in total. The van der Waals surface area contributed by atoms with Crippen LogP contribution in [0, 0.1) is 28.6 Å². The van der Waals surface area contributed by atoms with E-state index in [2.05, 4.69) is 19.2 Å². The number of aliphatic hydroxyl groups excluding tert-OH is 1. The van der Waals surface area contributed by atoms with Gasteiger partial charge in [0.15, 0.2) is 5.78 Å². The molecule has 1 aromatic rings. The number of nitrogens with zero attached hydrogens (tertiary/aromatic N) is 1. The van der Waals surface area contributed by atoms with Crippen molar-refractivity contribution in [3.05, 3.63) is 47.5 Å². The van der Waals surface area contributed by atoms with E-state index in [1.54, 1.807) is 38.1 Å². The Morgan fingerprint density at radius 1 is 1.00 bits per heavy atom. The number of amides is 2. The van der Waals surface area contributed by atoms with Gasteiger partial charge in [-0.15, -0.1) is 11.8 Å². The number of aliphatic carboxylic acids is 1. The number of benzene rings is 1. The largest absolute Gasteiger partial charge is 0.480 e. The third kappa shape index (κ3) is 5.25. The number of carboxylic acid groups (broad SMARTS) is 1. The van der Waals surface area contributed by atoms with Crippen LogP contribution in [0.3, 0.4) is 0 Å². The molecule has 3 saturated carbocycles. The summed E-state index contributed by atoms with van der Waals surface area (Å²) in [6, 6.07) is 6.38. The van der Waals surface area contributed by atoms with E-state index in [1.807, 2.05) is 12.1 Å². The summed E-state index contributed by atoms with van der Waals surface area (Å²) in [4.78, 5) is 49.2. The molecule has 0 spiro atoms. The summed E-state index contributed by atoms with van der Waals surface area (Å²) in [5, 5.41) is 22.1. The van der Waals surface area contributed by atoms with Gasteiger partial charge in [-0.25, -0.2) is 4.79 Å². The quantitative estimate of drug-likeness (QED) is 0.359. The molecule has 0 radical (unpaired) electrons. The Hall–Kier alpha value is -2.69. The topological polar surface area (TPSA) is 150 Å². The van der Waals surface area contributed by atoms with Gasteiger partial charge in [0.1, 0.15) is 23.5 Å². The standard InChI is InChI=1S/C19H28O2.C16H19N3O4S/c1-18-9-7-13(20)11-12(18)3-4-14-15-5-6-17(21)19(15,2)10-8-16(14)18;1-16(2)11(15(22)23)19-13(21)10(14(19)24-16)18-12(20)9(17)8-6-4-3-5-7-8/h11,14-17,21H,3-10H2,1-2H3;3-7,9-11,14H,17H2,1-2H3,(H,18,20)(H,22,23)/t14-,15-,16-,17+,18-,19-;9-,10-,11+,14-/m01/s1. The molecule has 6 aliphatic rings. The Bertz CT molecular complexity index is 1410. The molecule has 0 aromatic heterocycles. The Morgan fingerprint density at radius 2 is 1.71 bits per heavy atom. The van der Waals surface area contributed by atoms with Gasteiger partial charge in [0.25, 0.3) is 0 Å². The van der Waals surface area contributed by atoms with Gasteiger partial charge >= 0.3 is 5.97 Å². The number of thioether (sulfide) groups is 1. The summed E-state index contributed by atoms with van der Waals surface area (Å²) in [7, 11) is 0. The first kappa shape index (κ1) is 32.3. The van der Waals surface area contributed by atoms with E-state index in [0.717, 1.165) is 37.5 Å². The van der Waals surface area contributed by atoms with Crippen molar-refractivity contribution in [1.82, 2.24) is 10.2 Å². The number of ketones is 1. The lowest BCUT2D eigenvalue weighted by Crippen LogP contribution is -2.71. The lowest BCUT2D eigenvalue weighted by Gasteiger charge is -2.57. The zero-order valence-electron chi connectivity index (χ0n) is 26.7. The number of fused-ring (bicyclic) bond motifs is 6. The van der Waals surface area contributed by atoms with Crippen LogP contribution in [0.5, 0.6) is 0 Å². The van der Waals surface area contributed by atoms with E-state index >= 15 is 0 Å². The highest BCUT2D eigenvalue weighted by molar-refractivity contribution is 8.01. The highest BCUT2D eigenvalue weighted by Gasteiger charge is 2.64. The maximum Gasteiger partial charge on any atom is 0.327 e. The second-order valence-electron chi connectivity index (χ2n) is 15.1. The second kappa shape index (κ2) is 11.5. The van der Waals surface area contributed by atoms with Gasteiger partial charge in [0.05, 0.1) is 6.10 Å². The zero-order chi connectivity index (χ0) is 32.5. The number of carboxylic acids is 1. The second-order valence-corrected chi connectivity index (χ2v) is 16.9. The third-order valence-corrected chi connectivity index (χ3v) is 13.9. The lowest BCUT2D eigenvalue weighted by atomic mass is 9.47. The lowest BCUT2D eigenvalue weighted by molar-refractivity contribution is -0.161. The summed E-state index contributed by atoms with van der Waals surface area (Å²) in [6.45, 7) is 8.34. The van der Waals surface area contributed by atoms with Gasteiger partial charge < -0.3 is 26.2 Å². The smallest absolute Gasteiger partial charge is 0.327 e. The number of aliphatic hydroxyl groups is 1. The molecule has 45 heavy (non-hydrogen) atoms. The average molecular weight is 638 g/mol. The van der Waals surface area contributed by atoms with Crippen molar-refractivity contribution in [3.8, 4) is 0 Å². The highest BCUT2D eigenvalue weighted by atomic mass is 32.2. The SMILES string of the molecule is CC1(C)S[C@@H]2[C@H](NC(=O)[C@H](N)c3ccccc3)C(=O)N2[C@H]1C(=O)O.C[C@]12CC[C@H]3[C@@H](CCC4=CC(=O)CC[C@@]43C)[C@@H]1CC[C@H]2O. The molecule has 10 heteroatoms. The fourth-order valence-electron chi connectivity index (χ4n) is 9.73. The van der Waals surface area contributed by atoms with Crippen molar-refractivity contribution in [2.24, 2.45) is 34.3 Å². The van der Waals surface area contributed by atoms with E-state index in [1.165, 1.54) is 47.9 Å². The minimum absolute atomic E-state index is 0.0823. The Morgan fingerprint density at radius 3 is 2.40 bits per heavy atom. The maximum atomic E-state index is 12.3. The third-order valence-electron chi connectivity index (χ3n) is 12.3. The van der Waals surface area contributed by atoms with E-state index in [-0.39, 0.29) is 28.2 Å². The van der Waals surface area contributed by atoms with Crippen molar-refractivity contribution < 1.29 is 29.4 Å². The molecule has 5 fully saturated rings. The van der Waals surface area contributed by atoms with E-state index < -0.39 is 34.7 Å². The molecule has 4 aliphatic carbocycles. The molecule has 0 unspecified atom stereocenters. The first-order chi connectivity index (χ1) is 21.2. The zero-order valence-corrected chi connectivity index (χ0v) is 27.5. The molecular formula is C35H47N3O6S. The van der Waals surface area contributed by atoms with Gasteiger partial charge in [-0.1, -0.05) is 49.8 Å². The van der Waals surface area contributed by atoms with Gasteiger partial charge in [-0.2, -0.15) is 0 Å². The number of allylic oxidation sites excluding steroid dienone is 1. The molecule has 0 bridgehead atoms. The van der Waals surface area contributed by atoms with Crippen LogP contribution in [0.15, 0.2) is 42.0 Å². The first-order valence-corrected chi connectivity index (χ1v) is 17.3. The van der Waals surface area contributed by atoms with Gasteiger partial charge in [0.2, 0.25) is 11.8 Å². The number of hydrogen-bond donors (Lipinski definition) is 4. The van der Waals surface area contributed by atoms with Gasteiger partial charge in [-0.3, -0.25) is 14.4 Å². The van der Waals surface area contributed by atoms with Crippen molar-refractivity contribution in [3.63, 3.8) is 0 Å². The number of β-lactam (4-membered cyclic amide) rings is 1. The summed E-state index contributed by atoms with van der Waals surface area (Å²) >= 11 is 1.38. The minimum Gasteiger partial charge on any atom is -0.480 e. The van der Waals surface area contributed by atoms with E-state index in [4.69, 9.17) is 5.73 Å². The monoisotopic (exact) mass is 637 g/mol. The van der Waals surface area contributed by atoms with Crippen molar-refractivity contribution in [1.29, 1.82) is 0 Å². The maximum absolute atomic E-state index is 12.3.